The van der Waals surface area contributed by atoms with E-state index in [2.05, 4.69) is 52.3 Å². The zero-order valence-electron chi connectivity index (χ0n) is 25.3. The summed E-state index contributed by atoms with van der Waals surface area (Å²) in [6, 6.07) is 0. The van der Waals surface area contributed by atoms with Gasteiger partial charge in [-0.25, -0.2) is 0 Å². The van der Waals surface area contributed by atoms with Crippen molar-refractivity contribution in [3.63, 3.8) is 0 Å². The minimum Gasteiger partial charge on any atom is -0.355 e. The molecule has 0 aliphatic carbocycles. The second-order valence-electron chi connectivity index (χ2n) is 9.50. The molecule has 0 aliphatic rings. The lowest BCUT2D eigenvalue weighted by molar-refractivity contribution is -0.123. The van der Waals surface area contributed by atoms with Gasteiger partial charge in [-0.1, -0.05) is 0 Å². The molecule has 0 rings (SSSR count). The van der Waals surface area contributed by atoms with Gasteiger partial charge in [0.15, 0.2) is 0 Å². The van der Waals surface area contributed by atoms with Crippen LogP contribution in [0.25, 0.3) is 0 Å². The fraction of sp³-hybridized carbons (Fsp3) is 0.846. The predicted octanol–water partition coefficient (Wildman–Crippen LogP) is -3.51. The molecule has 0 aromatic rings. The molecule has 0 saturated heterocycles. The average molecular weight is 573 g/mol. The first-order valence-corrected chi connectivity index (χ1v) is 14.5. The van der Waals surface area contributed by atoms with Crippen molar-refractivity contribution >= 4 is 23.6 Å². The fourth-order valence-corrected chi connectivity index (χ4v) is 3.65. The molecular weight excluding hydrogens is 516 g/mol. The Hall–Kier alpha value is -2.36. The maximum Gasteiger partial charge on any atom is 0.221 e. The third kappa shape index (κ3) is 23.5. The second kappa shape index (κ2) is 26.8. The highest BCUT2D eigenvalue weighted by molar-refractivity contribution is 5.77. The van der Waals surface area contributed by atoms with Crippen LogP contribution >= 0.6 is 0 Å². The first-order chi connectivity index (χ1) is 19.4. The van der Waals surface area contributed by atoms with E-state index < -0.39 is 0 Å². The Kier molecular flexibility index (Phi) is 25.3. The Morgan fingerprint density at radius 3 is 0.800 bits per heavy atom. The zero-order chi connectivity index (χ0) is 29.8. The number of carbonyl (C=O) groups excluding carboxylic acids is 4. The van der Waals surface area contributed by atoms with Crippen molar-refractivity contribution in [2.24, 2.45) is 0 Å². The quantitative estimate of drug-likeness (QED) is 0.0462. The highest BCUT2D eigenvalue weighted by Crippen LogP contribution is 2.01. The van der Waals surface area contributed by atoms with E-state index in [9.17, 15) is 19.2 Å². The van der Waals surface area contributed by atoms with E-state index >= 15 is 0 Å². The minimum atomic E-state index is -0.0351. The Balaban J connectivity index is 5.07. The molecule has 0 heterocycles. The molecule has 0 atom stereocenters. The summed E-state index contributed by atoms with van der Waals surface area (Å²) < 4.78 is 0. The van der Waals surface area contributed by atoms with Gasteiger partial charge in [0.2, 0.25) is 23.6 Å². The summed E-state index contributed by atoms with van der Waals surface area (Å²) in [5, 5.41) is 23.5. The number of nitrogens with one attached hydrogen (secondary N) is 8. The zero-order valence-corrected chi connectivity index (χ0v) is 25.3. The maximum absolute atomic E-state index is 12.3. The summed E-state index contributed by atoms with van der Waals surface area (Å²) in [7, 11) is 7.33. The molecule has 14 nitrogen and oxygen atoms in total. The third-order valence-electron chi connectivity index (χ3n) is 6.14. The molecular formula is C26H56N10O4. The molecule has 8 N–H and O–H groups in total. The average Bonchev–Trinajstić information content (AvgIpc) is 2.94. The van der Waals surface area contributed by atoms with Gasteiger partial charge in [0.1, 0.15) is 0 Å². The number of amides is 4. The summed E-state index contributed by atoms with van der Waals surface area (Å²) in [5.41, 5.74) is 0. The van der Waals surface area contributed by atoms with E-state index in [1.807, 2.05) is 28.2 Å². The van der Waals surface area contributed by atoms with Crippen LogP contribution in [0.3, 0.4) is 0 Å². The van der Waals surface area contributed by atoms with Crippen LogP contribution in [-0.4, -0.2) is 153 Å². The van der Waals surface area contributed by atoms with E-state index in [0.717, 1.165) is 0 Å². The normalized spacial score (nSPS) is 11.1. The van der Waals surface area contributed by atoms with E-state index in [1.54, 1.807) is 0 Å². The molecule has 4 amide bonds. The van der Waals surface area contributed by atoms with Crippen LogP contribution in [0.4, 0.5) is 0 Å². The monoisotopic (exact) mass is 572 g/mol. The molecule has 0 spiro atoms. The van der Waals surface area contributed by atoms with Crippen molar-refractivity contribution in [1.29, 1.82) is 0 Å². The predicted molar refractivity (Wildman–Crippen MR) is 159 cm³/mol. The first-order valence-electron chi connectivity index (χ1n) is 14.5. The van der Waals surface area contributed by atoms with Gasteiger partial charge in [-0.05, 0) is 28.2 Å². The van der Waals surface area contributed by atoms with Crippen molar-refractivity contribution in [1.82, 2.24) is 52.3 Å². The van der Waals surface area contributed by atoms with Gasteiger partial charge in [0.05, 0.1) is 0 Å². The van der Waals surface area contributed by atoms with Gasteiger partial charge in [-0.3, -0.25) is 19.2 Å². The van der Waals surface area contributed by atoms with E-state index in [-0.39, 0.29) is 23.6 Å². The topological polar surface area (TPSA) is 171 Å². The molecule has 0 saturated carbocycles. The highest BCUT2D eigenvalue weighted by atomic mass is 16.2. The fourth-order valence-electron chi connectivity index (χ4n) is 3.65. The van der Waals surface area contributed by atoms with Gasteiger partial charge in [-0.15, -0.1) is 0 Å². The van der Waals surface area contributed by atoms with Crippen LogP contribution in [0.15, 0.2) is 0 Å². The molecule has 0 bridgehead atoms. The van der Waals surface area contributed by atoms with E-state index in [0.29, 0.717) is 117 Å². The summed E-state index contributed by atoms with van der Waals surface area (Å²) >= 11 is 0. The Morgan fingerprint density at radius 2 is 0.600 bits per heavy atom. The lowest BCUT2D eigenvalue weighted by atomic mass is 10.2. The van der Waals surface area contributed by atoms with Crippen molar-refractivity contribution in [3.05, 3.63) is 0 Å². The SMILES string of the molecule is CNCCNC(=O)CCN(CCC(=O)NCCNC)CCN(CCC(=O)NCCNC)CCC(=O)NCCNC. The molecule has 40 heavy (non-hydrogen) atoms. The van der Waals surface area contributed by atoms with Crippen LogP contribution in [-0.2, 0) is 19.2 Å². The third-order valence-corrected chi connectivity index (χ3v) is 6.14. The number of carbonyl (C=O) groups is 4. The number of hydrogen-bond acceptors (Lipinski definition) is 10. The molecule has 0 fully saturated rings. The summed E-state index contributed by atoms with van der Waals surface area (Å²) in [4.78, 5) is 53.3. The van der Waals surface area contributed by atoms with Crippen molar-refractivity contribution in [3.8, 4) is 0 Å². The van der Waals surface area contributed by atoms with Crippen LogP contribution in [0.2, 0.25) is 0 Å². The molecule has 0 aromatic carbocycles. The lowest BCUT2D eigenvalue weighted by Gasteiger charge is -2.27. The second-order valence-corrected chi connectivity index (χ2v) is 9.50. The van der Waals surface area contributed by atoms with E-state index in [4.69, 9.17) is 0 Å². The van der Waals surface area contributed by atoms with Crippen LogP contribution in [0, 0.1) is 0 Å². The Labute approximate surface area is 240 Å². The van der Waals surface area contributed by atoms with Crippen LogP contribution in [0.5, 0.6) is 0 Å². The summed E-state index contributed by atoms with van der Waals surface area (Å²) in [6.07, 6.45) is 1.30. The first kappa shape index (κ1) is 37.6. The van der Waals surface area contributed by atoms with Crippen LogP contribution in [0.1, 0.15) is 25.7 Å². The van der Waals surface area contributed by atoms with Gasteiger partial charge >= 0.3 is 0 Å². The van der Waals surface area contributed by atoms with Gasteiger partial charge in [0.25, 0.3) is 0 Å². The van der Waals surface area contributed by atoms with Crippen molar-refractivity contribution in [2.45, 2.75) is 25.7 Å². The van der Waals surface area contributed by atoms with Crippen molar-refractivity contribution < 1.29 is 19.2 Å². The number of rotatable bonds is 27. The lowest BCUT2D eigenvalue weighted by Crippen LogP contribution is -2.42. The molecule has 0 aromatic heterocycles. The largest absolute Gasteiger partial charge is 0.355 e. The number of nitrogens with zero attached hydrogens (tertiary/aromatic N) is 2. The smallest absolute Gasteiger partial charge is 0.221 e. The Bertz CT molecular complexity index is 576. The van der Waals surface area contributed by atoms with Crippen molar-refractivity contribution in [2.75, 3.05) is 120 Å². The minimum absolute atomic E-state index is 0.0351. The van der Waals surface area contributed by atoms with E-state index in [1.165, 1.54) is 0 Å². The highest BCUT2D eigenvalue weighted by Gasteiger charge is 2.15. The standard InChI is InChI=1S/C26H56N10O4/c1-27-9-13-31-23(37)5-17-35(18-6-24(38)32-14-10-28-2)21-22-36(19-7-25(39)33-15-11-29-3)20-8-26(40)34-16-12-30-4/h27-30H,5-22H2,1-4H3,(H,31,37)(H,32,38)(H,33,39)(H,34,40). The Morgan fingerprint density at radius 1 is 0.375 bits per heavy atom. The van der Waals surface area contributed by atoms with Crippen LogP contribution < -0.4 is 42.5 Å². The number of likely N-dealkylation sites (N-methyl/N-ethyl adjacent to an activating group) is 4. The van der Waals surface area contributed by atoms with Gasteiger partial charge in [-0.2, -0.15) is 0 Å². The summed E-state index contributed by atoms with van der Waals surface area (Å²) in [5.74, 6) is -0.141. The molecule has 0 radical (unpaired) electrons. The summed E-state index contributed by atoms with van der Waals surface area (Å²) in [6.45, 7) is 8.29. The molecule has 14 heteroatoms. The molecule has 0 unspecified atom stereocenters. The van der Waals surface area contributed by atoms with Gasteiger partial charge in [0, 0.05) is 117 Å². The number of hydrogen-bond donors (Lipinski definition) is 8. The molecule has 234 valence electrons. The maximum atomic E-state index is 12.3. The molecule has 0 aliphatic heterocycles. The van der Waals surface area contributed by atoms with Gasteiger partial charge < -0.3 is 52.3 Å².